The van der Waals surface area contributed by atoms with Crippen molar-refractivity contribution in [3.05, 3.63) is 12.3 Å². The molecule has 0 saturated carbocycles. The Kier molecular flexibility index (Phi) is 1.91. The fourth-order valence-corrected chi connectivity index (χ4v) is 0.730. The van der Waals surface area contributed by atoms with Crippen LogP contribution in [0.25, 0.3) is 0 Å². The van der Waals surface area contributed by atoms with Crippen LogP contribution in [0, 0.1) is 0 Å². The minimum absolute atomic E-state index is 0.532. The molecule has 1 atom stereocenters. The predicted molar refractivity (Wildman–Crippen MR) is 38.5 cm³/mol. The third kappa shape index (κ3) is 1.48. The summed E-state index contributed by atoms with van der Waals surface area (Å²) in [7, 11) is 1.81. The number of aliphatic hydroxyl groups is 1. The summed E-state index contributed by atoms with van der Waals surface area (Å²) < 4.78 is 1.66. The van der Waals surface area contributed by atoms with Gasteiger partial charge in [0.25, 0.3) is 0 Å². The van der Waals surface area contributed by atoms with Crippen LogP contribution in [0.15, 0.2) is 12.3 Å². The van der Waals surface area contributed by atoms with E-state index in [1.165, 1.54) is 0 Å². The molecule has 0 spiro atoms. The molecule has 0 aromatic carbocycles. The summed E-state index contributed by atoms with van der Waals surface area (Å²) in [4.78, 5) is 0. The number of nitrogens with one attached hydrogen (secondary N) is 1. The van der Waals surface area contributed by atoms with Crippen LogP contribution in [-0.4, -0.2) is 21.1 Å². The molecule has 0 aliphatic heterocycles. The van der Waals surface area contributed by atoms with Crippen LogP contribution in [0.3, 0.4) is 0 Å². The Bertz CT molecular complexity index is 207. The van der Waals surface area contributed by atoms with Gasteiger partial charge in [-0.05, 0) is 6.92 Å². The second kappa shape index (κ2) is 2.70. The first kappa shape index (κ1) is 7.08. The minimum atomic E-state index is -0.532. The van der Waals surface area contributed by atoms with Crippen LogP contribution in [-0.2, 0) is 7.05 Å². The lowest BCUT2D eigenvalue weighted by atomic mass is 10.5. The second-order valence-electron chi connectivity index (χ2n) is 2.16. The molecule has 0 saturated heterocycles. The lowest BCUT2D eigenvalue weighted by molar-refractivity contribution is 0.223. The van der Waals surface area contributed by atoms with E-state index in [1.54, 1.807) is 23.9 Å². The van der Waals surface area contributed by atoms with E-state index in [4.69, 9.17) is 5.11 Å². The first-order valence-electron chi connectivity index (χ1n) is 3.13. The van der Waals surface area contributed by atoms with Crippen molar-refractivity contribution in [3.63, 3.8) is 0 Å². The lowest BCUT2D eigenvalue weighted by Crippen LogP contribution is -2.15. The molecule has 10 heavy (non-hydrogen) atoms. The summed E-state index contributed by atoms with van der Waals surface area (Å²) in [5, 5.41) is 15.6. The van der Waals surface area contributed by atoms with Crippen molar-refractivity contribution < 1.29 is 5.11 Å². The third-order valence-electron chi connectivity index (χ3n) is 1.18. The summed E-state index contributed by atoms with van der Waals surface area (Å²) in [6, 6.07) is 1.80. The molecule has 2 N–H and O–H groups in total. The SMILES string of the molecule is CC(O)Nc1ccnn1C. The maximum absolute atomic E-state index is 8.90. The molecule has 1 rings (SSSR count). The zero-order chi connectivity index (χ0) is 7.56. The van der Waals surface area contributed by atoms with Crippen LogP contribution in [0.1, 0.15) is 6.92 Å². The van der Waals surface area contributed by atoms with Gasteiger partial charge < -0.3 is 10.4 Å². The van der Waals surface area contributed by atoms with Crippen molar-refractivity contribution in [1.82, 2.24) is 9.78 Å². The summed E-state index contributed by atoms with van der Waals surface area (Å²) in [6.07, 6.45) is 1.14. The van der Waals surface area contributed by atoms with Crippen molar-refractivity contribution in [2.45, 2.75) is 13.2 Å². The number of rotatable bonds is 2. The molecule has 4 heteroatoms. The van der Waals surface area contributed by atoms with Gasteiger partial charge in [0.15, 0.2) is 0 Å². The van der Waals surface area contributed by atoms with E-state index in [-0.39, 0.29) is 0 Å². The number of nitrogens with zero attached hydrogens (tertiary/aromatic N) is 2. The van der Waals surface area contributed by atoms with Gasteiger partial charge in [0, 0.05) is 13.1 Å². The number of hydrogen-bond acceptors (Lipinski definition) is 3. The normalized spacial score (nSPS) is 13.1. The quantitative estimate of drug-likeness (QED) is 0.577. The summed E-state index contributed by atoms with van der Waals surface area (Å²) in [5.41, 5.74) is 0. The van der Waals surface area contributed by atoms with Crippen molar-refractivity contribution in [2.24, 2.45) is 7.05 Å². The van der Waals surface area contributed by atoms with Gasteiger partial charge in [0.05, 0.1) is 6.20 Å². The third-order valence-corrected chi connectivity index (χ3v) is 1.18. The molecule has 1 aromatic heterocycles. The molecular formula is C6H11N3O. The molecule has 0 amide bonds. The first-order valence-corrected chi connectivity index (χ1v) is 3.13. The van der Waals surface area contributed by atoms with Gasteiger partial charge in [-0.3, -0.25) is 4.68 Å². The largest absolute Gasteiger partial charge is 0.374 e. The smallest absolute Gasteiger partial charge is 0.125 e. The van der Waals surface area contributed by atoms with Gasteiger partial charge in [-0.15, -0.1) is 0 Å². The molecule has 1 aromatic rings. The Balaban J connectivity index is 2.65. The Morgan fingerprint density at radius 1 is 1.80 bits per heavy atom. The molecule has 1 heterocycles. The lowest BCUT2D eigenvalue weighted by Gasteiger charge is -2.07. The number of anilines is 1. The highest BCUT2D eigenvalue weighted by atomic mass is 16.3. The molecule has 0 bridgehead atoms. The number of aliphatic hydroxyl groups excluding tert-OH is 1. The maximum Gasteiger partial charge on any atom is 0.125 e. The molecule has 0 aliphatic rings. The van der Waals surface area contributed by atoms with E-state index < -0.39 is 6.23 Å². The second-order valence-corrected chi connectivity index (χ2v) is 2.16. The van der Waals surface area contributed by atoms with Crippen LogP contribution >= 0.6 is 0 Å². The topological polar surface area (TPSA) is 50.1 Å². The molecule has 4 nitrogen and oxygen atoms in total. The van der Waals surface area contributed by atoms with Crippen LogP contribution in [0.5, 0.6) is 0 Å². The van der Waals surface area contributed by atoms with E-state index in [2.05, 4.69) is 10.4 Å². The van der Waals surface area contributed by atoms with E-state index in [0.29, 0.717) is 0 Å². The average molecular weight is 141 g/mol. The molecule has 0 radical (unpaired) electrons. The molecule has 1 unspecified atom stereocenters. The fourth-order valence-electron chi connectivity index (χ4n) is 0.730. The van der Waals surface area contributed by atoms with Crippen molar-refractivity contribution in [2.75, 3.05) is 5.32 Å². The Morgan fingerprint density at radius 3 is 2.90 bits per heavy atom. The van der Waals surface area contributed by atoms with Gasteiger partial charge in [-0.25, -0.2) is 0 Å². The summed E-state index contributed by atoms with van der Waals surface area (Å²) in [6.45, 7) is 1.66. The Hall–Kier alpha value is -1.03. The van der Waals surface area contributed by atoms with Gasteiger partial charge in [-0.2, -0.15) is 5.10 Å². The van der Waals surface area contributed by atoms with E-state index >= 15 is 0 Å². The van der Waals surface area contributed by atoms with E-state index in [9.17, 15) is 0 Å². The fraction of sp³-hybridized carbons (Fsp3) is 0.500. The first-order chi connectivity index (χ1) is 4.70. The monoisotopic (exact) mass is 141 g/mol. The number of aromatic nitrogens is 2. The van der Waals surface area contributed by atoms with Gasteiger partial charge in [0.2, 0.25) is 0 Å². The van der Waals surface area contributed by atoms with Gasteiger partial charge >= 0.3 is 0 Å². The molecule has 0 fully saturated rings. The molecular weight excluding hydrogens is 130 g/mol. The van der Waals surface area contributed by atoms with Gasteiger partial charge in [0.1, 0.15) is 12.0 Å². The maximum atomic E-state index is 8.90. The zero-order valence-electron chi connectivity index (χ0n) is 6.07. The standard InChI is InChI=1S/C6H11N3O/c1-5(10)8-6-3-4-7-9(6)2/h3-5,8,10H,1-2H3. The molecule has 56 valence electrons. The summed E-state index contributed by atoms with van der Waals surface area (Å²) in [5.74, 6) is 0.815. The van der Waals surface area contributed by atoms with Crippen LogP contribution in [0.2, 0.25) is 0 Å². The van der Waals surface area contributed by atoms with Crippen molar-refractivity contribution in [1.29, 1.82) is 0 Å². The van der Waals surface area contributed by atoms with E-state index in [0.717, 1.165) is 5.82 Å². The average Bonchev–Trinajstić information content (AvgIpc) is 2.15. The molecule has 0 aliphatic carbocycles. The summed E-state index contributed by atoms with van der Waals surface area (Å²) >= 11 is 0. The van der Waals surface area contributed by atoms with E-state index in [1.807, 2.05) is 7.05 Å². The van der Waals surface area contributed by atoms with Crippen molar-refractivity contribution >= 4 is 5.82 Å². The van der Waals surface area contributed by atoms with Crippen LogP contribution in [0.4, 0.5) is 5.82 Å². The highest BCUT2D eigenvalue weighted by Gasteiger charge is 1.98. The number of aryl methyl sites for hydroxylation is 1. The zero-order valence-corrected chi connectivity index (χ0v) is 6.07. The highest BCUT2D eigenvalue weighted by molar-refractivity contribution is 5.33. The van der Waals surface area contributed by atoms with Crippen LogP contribution < -0.4 is 5.32 Å². The van der Waals surface area contributed by atoms with Gasteiger partial charge in [-0.1, -0.05) is 0 Å². The van der Waals surface area contributed by atoms with Crippen molar-refractivity contribution in [3.8, 4) is 0 Å². The Morgan fingerprint density at radius 2 is 2.50 bits per heavy atom. The predicted octanol–water partition coefficient (Wildman–Crippen LogP) is 0.170. The Labute approximate surface area is 59.5 Å². The minimum Gasteiger partial charge on any atom is -0.374 e. The highest BCUT2D eigenvalue weighted by Crippen LogP contribution is 2.03. The number of hydrogen-bond donors (Lipinski definition) is 2.